The highest BCUT2D eigenvalue weighted by Crippen LogP contribution is 2.20. The topological polar surface area (TPSA) is 79.5 Å². The van der Waals surface area contributed by atoms with E-state index in [1.165, 1.54) is 0 Å². The van der Waals surface area contributed by atoms with E-state index in [4.69, 9.17) is 4.74 Å². The summed E-state index contributed by atoms with van der Waals surface area (Å²) >= 11 is 0. The Morgan fingerprint density at radius 3 is 2.09 bits per heavy atom. The van der Waals surface area contributed by atoms with Crippen molar-refractivity contribution in [3.63, 3.8) is 0 Å². The molecule has 118 valence electrons. The smallest absolute Gasteiger partial charge is 0.319 e. The van der Waals surface area contributed by atoms with Crippen LogP contribution in [0, 0.1) is 5.92 Å². The van der Waals surface area contributed by atoms with Crippen LogP contribution >= 0.6 is 0 Å². The van der Waals surface area contributed by atoms with Crippen molar-refractivity contribution < 1.29 is 14.3 Å². The first-order valence-corrected chi connectivity index (χ1v) is 7.77. The Balaban J connectivity index is 1.49. The van der Waals surface area contributed by atoms with Gasteiger partial charge in [-0.25, -0.2) is 4.79 Å². The van der Waals surface area contributed by atoms with E-state index in [1.54, 1.807) is 24.3 Å². The van der Waals surface area contributed by atoms with Gasteiger partial charge < -0.3 is 20.7 Å². The Hall–Kier alpha value is -2.08. The number of urea groups is 1. The molecule has 1 aliphatic heterocycles. The molecule has 1 heterocycles. The molecule has 0 spiro atoms. The summed E-state index contributed by atoms with van der Waals surface area (Å²) in [5.41, 5.74) is 1.45. The van der Waals surface area contributed by atoms with Crippen LogP contribution in [0.2, 0.25) is 0 Å². The summed E-state index contributed by atoms with van der Waals surface area (Å²) in [5.74, 6) is 0.0614. The molecular formula is C16H21N3O3. The van der Waals surface area contributed by atoms with Gasteiger partial charge in [0, 0.05) is 36.5 Å². The molecule has 1 saturated heterocycles. The van der Waals surface area contributed by atoms with Gasteiger partial charge in [0.15, 0.2) is 0 Å². The van der Waals surface area contributed by atoms with Crippen LogP contribution in [-0.4, -0.2) is 31.2 Å². The van der Waals surface area contributed by atoms with E-state index >= 15 is 0 Å². The molecule has 6 nitrogen and oxygen atoms in total. The van der Waals surface area contributed by atoms with Gasteiger partial charge in [0.25, 0.3) is 0 Å². The normalized spacial score (nSPS) is 18.5. The number of benzene rings is 1. The van der Waals surface area contributed by atoms with Gasteiger partial charge in [0.2, 0.25) is 5.91 Å². The van der Waals surface area contributed by atoms with Gasteiger partial charge in [0.05, 0.1) is 0 Å². The Morgan fingerprint density at radius 1 is 0.909 bits per heavy atom. The van der Waals surface area contributed by atoms with Crippen molar-refractivity contribution in [1.29, 1.82) is 0 Å². The van der Waals surface area contributed by atoms with Gasteiger partial charge in [0.1, 0.15) is 0 Å². The van der Waals surface area contributed by atoms with Crippen molar-refractivity contribution in [3.05, 3.63) is 24.3 Å². The maximum Gasteiger partial charge on any atom is 0.319 e. The summed E-state index contributed by atoms with van der Waals surface area (Å²) in [4.78, 5) is 23.7. The lowest BCUT2D eigenvalue weighted by Gasteiger charge is -2.21. The van der Waals surface area contributed by atoms with E-state index < -0.39 is 0 Å². The van der Waals surface area contributed by atoms with Crippen molar-refractivity contribution in [2.45, 2.75) is 31.7 Å². The Kier molecular flexibility index (Phi) is 4.58. The zero-order valence-electron chi connectivity index (χ0n) is 12.4. The second-order valence-electron chi connectivity index (χ2n) is 5.83. The first kappa shape index (κ1) is 14.8. The third kappa shape index (κ3) is 4.21. The zero-order valence-corrected chi connectivity index (χ0v) is 12.4. The molecule has 0 unspecified atom stereocenters. The molecule has 2 fully saturated rings. The van der Waals surface area contributed by atoms with E-state index in [-0.39, 0.29) is 17.9 Å². The summed E-state index contributed by atoms with van der Waals surface area (Å²) in [6.45, 7) is 1.30. The van der Waals surface area contributed by atoms with Crippen LogP contribution in [0.1, 0.15) is 25.7 Å². The lowest BCUT2D eigenvalue weighted by molar-refractivity contribution is -0.122. The molecule has 0 atom stereocenters. The van der Waals surface area contributed by atoms with Gasteiger partial charge in [-0.15, -0.1) is 0 Å². The number of anilines is 2. The number of amides is 3. The molecule has 1 aromatic rings. The van der Waals surface area contributed by atoms with Crippen molar-refractivity contribution >= 4 is 23.3 Å². The third-order valence-corrected chi connectivity index (χ3v) is 3.91. The van der Waals surface area contributed by atoms with Crippen molar-refractivity contribution in [1.82, 2.24) is 5.32 Å². The second-order valence-corrected chi connectivity index (χ2v) is 5.83. The molecule has 22 heavy (non-hydrogen) atoms. The molecule has 0 radical (unpaired) electrons. The van der Waals surface area contributed by atoms with Crippen molar-refractivity contribution in [3.8, 4) is 0 Å². The Labute approximate surface area is 129 Å². The lowest BCUT2D eigenvalue weighted by atomic mass is 9.99. The molecule has 1 saturated carbocycles. The molecule has 3 N–H and O–H groups in total. The van der Waals surface area contributed by atoms with Crippen LogP contribution in [0.3, 0.4) is 0 Å². The quantitative estimate of drug-likeness (QED) is 0.798. The number of carbonyl (C=O) groups is 2. The van der Waals surface area contributed by atoms with Gasteiger partial charge in [-0.05, 0) is 49.9 Å². The Bertz CT molecular complexity index is 534. The summed E-state index contributed by atoms with van der Waals surface area (Å²) in [5, 5.41) is 8.55. The van der Waals surface area contributed by atoms with Gasteiger partial charge in [-0.1, -0.05) is 0 Å². The first-order valence-electron chi connectivity index (χ1n) is 7.77. The number of hydrogen-bond acceptors (Lipinski definition) is 3. The van der Waals surface area contributed by atoms with Gasteiger partial charge in [-0.3, -0.25) is 4.79 Å². The van der Waals surface area contributed by atoms with E-state index in [0.717, 1.165) is 31.4 Å². The third-order valence-electron chi connectivity index (χ3n) is 3.91. The zero-order chi connectivity index (χ0) is 15.4. The van der Waals surface area contributed by atoms with Crippen molar-refractivity contribution in [2.75, 3.05) is 23.8 Å². The average Bonchev–Trinajstić information content (AvgIpc) is 3.34. The van der Waals surface area contributed by atoms with Crippen LogP contribution in [0.4, 0.5) is 16.2 Å². The molecule has 3 amide bonds. The fraction of sp³-hybridized carbons (Fsp3) is 0.500. The largest absolute Gasteiger partial charge is 0.381 e. The minimum Gasteiger partial charge on any atom is -0.381 e. The summed E-state index contributed by atoms with van der Waals surface area (Å²) in [6, 6.07) is 7.31. The standard InChI is InChI=1S/C16H21N3O3/c20-15(11-7-9-22-10-8-11)17-12-1-3-13(4-2-12)18-16(21)19-14-5-6-14/h1-4,11,14H,5-10H2,(H,17,20)(H2,18,19,21). The molecule has 2 aliphatic rings. The van der Waals surface area contributed by atoms with Crippen LogP contribution in [-0.2, 0) is 9.53 Å². The van der Waals surface area contributed by atoms with Crippen molar-refractivity contribution in [2.24, 2.45) is 5.92 Å². The highest BCUT2D eigenvalue weighted by Gasteiger charge is 2.23. The summed E-state index contributed by atoms with van der Waals surface area (Å²) in [6.07, 6.45) is 3.66. The summed E-state index contributed by atoms with van der Waals surface area (Å²) < 4.78 is 5.26. The lowest BCUT2D eigenvalue weighted by Crippen LogP contribution is -2.30. The predicted octanol–water partition coefficient (Wildman–Crippen LogP) is 2.34. The maximum absolute atomic E-state index is 12.1. The molecule has 0 bridgehead atoms. The maximum atomic E-state index is 12.1. The number of nitrogens with one attached hydrogen (secondary N) is 3. The van der Waals surface area contributed by atoms with E-state index in [0.29, 0.717) is 24.9 Å². The monoisotopic (exact) mass is 303 g/mol. The summed E-state index contributed by atoms with van der Waals surface area (Å²) in [7, 11) is 0. The second kappa shape index (κ2) is 6.79. The first-order chi connectivity index (χ1) is 10.7. The number of carbonyl (C=O) groups excluding carboxylic acids is 2. The van der Waals surface area contributed by atoms with Crippen LogP contribution < -0.4 is 16.0 Å². The van der Waals surface area contributed by atoms with Crippen LogP contribution in [0.5, 0.6) is 0 Å². The van der Waals surface area contributed by atoms with Crippen LogP contribution in [0.25, 0.3) is 0 Å². The van der Waals surface area contributed by atoms with Gasteiger partial charge in [-0.2, -0.15) is 0 Å². The van der Waals surface area contributed by atoms with E-state index in [9.17, 15) is 9.59 Å². The molecule has 1 aliphatic carbocycles. The van der Waals surface area contributed by atoms with E-state index in [2.05, 4.69) is 16.0 Å². The SMILES string of the molecule is O=C(Nc1ccc(NC(=O)C2CCOCC2)cc1)NC1CC1. The highest BCUT2D eigenvalue weighted by molar-refractivity contribution is 5.93. The minimum absolute atomic E-state index is 0.0240. The number of ether oxygens (including phenoxy) is 1. The van der Waals surface area contributed by atoms with E-state index in [1.807, 2.05) is 0 Å². The fourth-order valence-corrected chi connectivity index (χ4v) is 2.42. The number of rotatable bonds is 4. The average molecular weight is 303 g/mol. The molecule has 0 aromatic heterocycles. The fourth-order valence-electron chi connectivity index (χ4n) is 2.42. The van der Waals surface area contributed by atoms with Gasteiger partial charge >= 0.3 is 6.03 Å². The minimum atomic E-state index is -0.179. The van der Waals surface area contributed by atoms with Crippen LogP contribution in [0.15, 0.2) is 24.3 Å². The predicted molar refractivity (Wildman–Crippen MR) is 83.8 cm³/mol. The highest BCUT2D eigenvalue weighted by atomic mass is 16.5. The molecule has 1 aromatic carbocycles. The number of hydrogen-bond donors (Lipinski definition) is 3. The molecular weight excluding hydrogens is 282 g/mol. The molecule has 3 rings (SSSR count). The molecule has 6 heteroatoms. The Morgan fingerprint density at radius 2 is 1.50 bits per heavy atom.